The lowest BCUT2D eigenvalue weighted by atomic mass is 10.2. The molecule has 8 nitrogen and oxygen atoms in total. The average molecular weight is 420 g/mol. The fraction of sp³-hybridized carbons (Fsp3) is 0.350. The van der Waals surface area contributed by atoms with Gasteiger partial charge in [0.25, 0.3) is 5.56 Å². The van der Waals surface area contributed by atoms with Crippen LogP contribution in [-0.2, 0) is 6.54 Å². The van der Waals surface area contributed by atoms with Gasteiger partial charge in [0.15, 0.2) is 17.3 Å². The number of anilines is 1. The van der Waals surface area contributed by atoms with Crippen molar-refractivity contribution in [1.82, 2.24) is 14.5 Å². The summed E-state index contributed by atoms with van der Waals surface area (Å²) in [4.78, 5) is 21.5. The van der Waals surface area contributed by atoms with E-state index in [1.807, 2.05) is 6.92 Å². The van der Waals surface area contributed by atoms with Crippen molar-refractivity contribution in [2.75, 3.05) is 11.9 Å². The summed E-state index contributed by atoms with van der Waals surface area (Å²) < 4.78 is 33.7. The molecule has 0 aliphatic carbocycles. The van der Waals surface area contributed by atoms with Crippen molar-refractivity contribution in [2.24, 2.45) is 0 Å². The average Bonchev–Trinajstić information content (AvgIpc) is 2.71. The Bertz CT molecular complexity index is 1100. The summed E-state index contributed by atoms with van der Waals surface area (Å²) >= 11 is 0. The lowest BCUT2D eigenvalue weighted by Crippen LogP contribution is -2.28. The molecule has 0 bridgehead atoms. The minimum absolute atomic E-state index is 0.0912. The van der Waals surface area contributed by atoms with Gasteiger partial charge < -0.3 is 20.3 Å². The predicted molar refractivity (Wildman–Crippen MR) is 107 cm³/mol. The van der Waals surface area contributed by atoms with Crippen molar-refractivity contribution < 1.29 is 23.7 Å². The van der Waals surface area contributed by atoms with Crippen molar-refractivity contribution in [2.45, 2.75) is 39.0 Å². The number of aliphatic hydroxyl groups excluding tert-OH is 2. The molecule has 0 aliphatic rings. The van der Waals surface area contributed by atoms with E-state index in [1.165, 1.54) is 23.8 Å². The number of hydrogen-bond acceptors (Lipinski definition) is 7. The molecular weight excluding hydrogens is 398 g/mol. The fourth-order valence-electron chi connectivity index (χ4n) is 2.84. The van der Waals surface area contributed by atoms with Gasteiger partial charge in [0.1, 0.15) is 11.5 Å². The van der Waals surface area contributed by atoms with Crippen molar-refractivity contribution in [3.63, 3.8) is 0 Å². The van der Waals surface area contributed by atoms with Crippen LogP contribution in [0.3, 0.4) is 0 Å². The van der Waals surface area contributed by atoms with Crippen molar-refractivity contribution in [1.29, 1.82) is 0 Å². The number of rotatable bonds is 8. The Hall–Kier alpha value is -3.11. The number of nitrogens with zero attached hydrogens (tertiary/aromatic N) is 3. The van der Waals surface area contributed by atoms with Crippen molar-refractivity contribution >= 4 is 17.0 Å². The standard InChI is InChI=1S/C20H22F2N4O4/c1-3-14(10-27)24-20-23-8-12-6-17(30-16-5-4-13(21)7-15(16)22)19(29)26(9-11(2)28)18(12)25-20/h4-8,11,14,27-28H,3,9-10H2,1-2H3,(H,23,24,25)/t11-,14-/m1/s1. The van der Waals surface area contributed by atoms with Gasteiger partial charge in [-0.25, -0.2) is 13.8 Å². The van der Waals surface area contributed by atoms with Gasteiger partial charge in [-0.3, -0.25) is 9.36 Å². The summed E-state index contributed by atoms with van der Waals surface area (Å²) in [5.41, 5.74) is -0.413. The van der Waals surface area contributed by atoms with Gasteiger partial charge in [0.2, 0.25) is 5.95 Å². The molecule has 0 aliphatic heterocycles. The molecule has 2 aromatic heterocycles. The molecule has 2 heterocycles. The SMILES string of the molecule is CC[C@H](CO)Nc1ncc2cc(Oc3ccc(F)cc3F)c(=O)n(C[C@@H](C)O)c2n1. The largest absolute Gasteiger partial charge is 0.448 e. The van der Waals surface area contributed by atoms with E-state index in [9.17, 15) is 23.8 Å². The normalized spacial score (nSPS) is 13.3. The molecule has 3 N–H and O–H groups in total. The first-order valence-corrected chi connectivity index (χ1v) is 9.41. The topological polar surface area (TPSA) is 110 Å². The number of pyridine rings is 1. The molecule has 160 valence electrons. The van der Waals surface area contributed by atoms with Crippen LogP contribution < -0.4 is 15.6 Å². The number of nitrogens with one attached hydrogen (secondary N) is 1. The summed E-state index contributed by atoms with van der Waals surface area (Å²) in [5, 5.41) is 22.6. The number of fused-ring (bicyclic) bond motifs is 1. The maximum absolute atomic E-state index is 14.0. The molecule has 30 heavy (non-hydrogen) atoms. The lowest BCUT2D eigenvalue weighted by molar-refractivity contribution is 0.173. The summed E-state index contributed by atoms with van der Waals surface area (Å²) in [6, 6.07) is 3.84. The zero-order valence-corrected chi connectivity index (χ0v) is 16.5. The van der Waals surface area contributed by atoms with Crippen LogP contribution in [0.1, 0.15) is 20.3 Å². The highest BCUT2D eigenvalue weighted by Gasteiger charge is 2.17. The highest BCUT2D eigenvalue weighted by atomic mass is 19.1. The van der Waals surface area contributed by atoms with Gasteiger partial charge in [0, 0.05) is 17.6 Å². The first-order chi connectivity index (χ1) is 14.3. The van der Waals surface area contributed by atoms with Gasteiger partial charge >= 0.3 is 0 Å². The van der Waals surface area contributed by atoms with Gasteiger partial charge in [-0.2, -0.15) is 4.98 Å². The molecule has 0 saturated carbocycles. The van der Waals surface area contributed by atoms with E-state index in [1.54, 1.807) is 0 Å². The van der Waals surface area contributed by atoms with Crippen molar-refractivity contribution in [3.05, 3.63) is 52.5 Å². The first-order valence-electron chi connectivity index (χ1n) is 9.41. The van der Waals surface area contributed by atoms with Crippen LogP contribution in [-0.4, -0.2) is 43.5 Å². The van der Waals surface area contributed by atoms with Gasteiger partial charge in [0.05, 0.1) is 25.3 Å². The second-order valence-electron chi connectivity index (χ2n) is 6.85. The molecule has 3 rings (SSSR count). The Balaban J connectivity index is 2.09. The van der Waals surface area contributed by atoms with E-state index in [0.29, 0.717) is 17.9 Å². The number of aromatic nitrogens is 3. The van der Waals surface area contributed by atoms with Crippen LogP contribution in [0.4, 0.5) is 14.7 Å². The van der Waals surface area contributed by atoms with E-state index in [-0.39, 0.29) is 42.3 Å². The molecule has 0 amide bonds. The van der Waals surface area contributed by atoms with Crippen LogP contribution >= 0.6 is 0 Å². The molecule has 0 saturated heterocycles. The summed E-state index contributed by atoms with van der Waals surface area (Å²) in [6.07, 6.45) is 1.20. The lowest BCUT2D eigenvalue weighted by Gasteiger charge is -2.17. The Morgan fingerprint density at radius 2 is 2.03 bits per heavy atom. The molecule has 10 heteroatoms. The third kappa shape index (κ3) is 4.71. The number of aliphatic hydroxyl groups is 2. The van der Waals surface area contributed by atoms with Crippen LogP contribution in [0.2, 0.25) is 0 Å². The molecule has 0 unspecified atom stereocenters. The molecule has 0 fully saturated rings. The molecule has 0 spiro atoms. The van der Waals surface area contributed by atoms with Crippen LogP contribution in [0, 0.1) is 11.6 Å². The number of benzene rings is 1. The highest BCUT2D eigenvalue weighted by molar-refractivity contribution is 5.77. The van der Waals surface area contributed by atoms with E-state index in [0.717, 1.165) is 12.1 Å². The van der Waals surface area contributed by atoms with Gasteiger partial charge in [-0.1, -0.05) is 6.92 Å². The summed E-state index contributed by atoms with van der Waals surface area (Å²) in [6.45, 7) is 3.18. The predicted octanol–water partition coefficient (Wildman–Crippen LogP) is 2.43. The minimum Gasteiger partial charge on any atom is -0.448 e. The van der Waals surface area contributed by atoms with E-state index in [4.69, 9.17) is 4.74 Å². The number of ether oxygens (including phenoxy) is 1. The van der Waals surface area contributed by atoms with Crippen LogP contribution in [0.25, 0.3) is 11.0 Å². The summed E-state index contributed by atoms with van der Waals surface area (Å²) in [7, 11) is 0. The monoisotopic (exact) mass is 420 g/mol. The molecule has 3 aromatic rings. The second kappa shape index (κ2) is 9.14. The Morgan fingerprint density at radius 3 is 2.67 bits per heavy atom. The molecule has 1 aromatic carbocycles. The smallest absolute Gasteiger partial charge is 0.295 e. The maximum atomic E-state index is 14.0. The van der Waals surface area contributed by atoms with Gasteiger partial charge in [-0.05, 0) is 31.5 Å². The van der Waals surface area contributed by atoms with E-state index >= 15 is 0 Å². The molecule has 0 radical (unpaired) electrons. The van der Waals surface area contributed by atoms with E-state index < -0.39 is 23.3 Å². The Kier molecular flexibility index (Phi) is 6.58. The highest BCUT2D eigenvalue weighted by Crippen LogP contribution is 2.25. The van der Waals surface area contributed by atoms with Crippen LogP contribution in [0.5, 0.6) is 11.5 Å². The third-order valence-corrected chi connectivity index (χ3v) is 4.40. The number of halogens is 2. The second-order valence-corrected chi connectivity index (χ2v) is 6.85. The first kappa shape index (κ1) is 21.6. The minimum atomic E-state index is -0.956. The van der Waals surface area contributed by atoms with Gasteiger partial charge in [-0.15, -0.1) is 0 Å². The Labute approximate surface area is 170 Å². The maximum Gasteiger partial charge on any atom is 0.295 e. The van der Waals surface area contributed by atoms with E-state index in [2.05, 4.69) is 15.3 Å². The zero-order chi connectivity index (χ0) is 21.8. The van der Waals surface area contributed by atoms with Crippen LogP contribution in [0.15, 0.2) is 35.3 Å². The van der Waals surface area contributed by atoms with Crippen molar-refractivity contribution in [3.8, 4) is 11.5 Å². The quantitative estimate of drug-likeness (QED) is 0.513. The molecular formula is C20H22F2N4O4. The summed E-state index contributed by atoms with van der Waals surface area (Å²) in [5.74, 6) is -2.06. The number of hydrogen-bond donors (Lipinski definition) is 3. The fourth-order valence-corrected chi connectivity index (χ4v) is 2.84. The Morgan fingerprint density at radius 1 is 1.27 bits per heavy atom. The third-order valence-electron chi connectivity index (χ3n) is 4.40. The molecule has 2 atom stereocenters. The zero-order valence-electron chi connectivity index (χ0n) is 16.5.